The van der Waals surface area contributed by atoms with Gasteiger partial charge in [-0.2, -0.15) is 0 Å². The van der Waals surface area contributed by atoms with Crippen molar-refractivity contribution >= 4 is 20.3 Å². The van der Waals surface area contributed by atoms with Crippen LogP contribution in [0.2, 0.25) is 0 Å². The summed E-state index contributed by atoms with van der Waals surface area (Å²) in [5, 5.41) is 3.70. The Bertz CT molecular complexity index is 617. The van der Waals surface area contributed by atoms with E-state index in [1.54, 1.807) is 22.3 Å². The molecule has 0 saturated heterocycles. The van der Waals surface area contributed by atoms with Gasteiger partial charge >= 0.3 is 189 Å². The zero-order chi connectivity index (χ0) is 20.3. The van der Waals surface area contributed by atoms with Crippen LogP contribution in [-0.2, 0) is 45.9 Å². The van der Waals surface area contributed by atoms with Gasteiger partial charge in [0.25, 0.3) is 0 Å². The van der Waals surface area contributed by atoms with Crippen LogP contribution in [0.4, 0.5) is 0 Å². The second-order valence-electron chi connectivity index (χ2n) is 8.15. The van der Waals surface area contributed by atoms with Crippen LogP contribution in [0.3, 0.4) is 0 Å². The number of hydrogen-bond acceptors (Lipinski definition) is 2. The molecule has 4 atom stereocenters. The summed E-state index contributed by atoms with van der Waals surface area (Å²) in [7, 11) is 8.52. The summed E-state index contributed by atoms with van der Waals surface area (Å²) in [6.07, 6.45) is 0. The van der Waals surface area contributed by atoms with Gasteiger partial charge in [-0.25, -0.2) is 0 Å². The molecule has 6 heteroatoms. The van der Waals surface area contributed by atoms with Crippen molar-refractivity contribution in [1.29, 1.82) is 0 Å². The molecule has 0 fully saturated rings. The fraction of sp³-hybridized carbons (Fsp3) is 0.700. The number of hydrogen-bond donors (Lipinski definition) is 0. The number of allylic oxidation sites excluding steroid dienone is 4. The van der Waals surface area contributed by atoms with Gasteiger partial charge in [-0.05, 0) is 0 Å². The van der Waals surface area contributed by atoms with E-state index in [0.29, 0.717) is 0 Å². The SMILES string of the molecule is CC1=C(C)C(C)[PH]([Zr][PH]2=C(C)C(C)=C(C)C2C)=C1C.C[N](C)[Zr][N](C)C. The Balaban J connectivity index is 0.000000412. The molecular formula is C20H40N2P2Zr2. The van der Waals surface area contributed by atoms with E-state index in [-0.39, 0.29) is 55.6 Å². The van der Waals surface area contributed by atoms with Crippen molar-refractivity contribution in [1.82, 2.24) is 5.69 Å². The monoisotopic (exact) mass is 550 g/mol. The van der Waals surface area contributed by atoms with E-state index in [4.69, 9.17) is 0 Å². The van der Waals surface area contributed by atoms with Crippen LogP contribution < -0.4 is 0 Å². The van der Waals surface area contributed by atoms with E-state index >= 15 is 0 Å². The number of nitrogens with zero attached hydrogens (tertiary/aromatic N) is 2. The molecule has 2 aliphatic heterocycles. The fourth-order valence-corrected chi connectivity index (χ4v) is 44.1. The van der Waals surface area contributed by atoms with Gasteiger partial charge in [-0.1, -0.05) is 0 Å². The maximum atomic E-state index is 2.52. The van der Waals surface area contributed by atoms with Crippen LogP contribution in [0.15, 0.2) is 22.3 Å². The van der Waals surface area contributed by atoms with Crippen LogP contribution >= 0.6 is 9.68 Å². The van der Waals surface area contributed by atoms with E-state index in [0.717, 1.165) is 11.3 Å². The van der Waals surface area contributed by atoms with Gasteiger partial charge in [0.05, 0.1) is 0 Å². The molecule has 0 radical (unpaired) electrons. The normalized spacial score (nSPS) is 29.0. The second-order valence-corrected chi connectivity index (χ2v) is 32.4. The summed E-state index contributed by atoms with van der Waals surface area (Å²) in [5.41, 5.74) is 8.68. The van der Waals surface area contributed by atoms with Gasteiger partial charge in [-0.15, -0.1) is 0 Å². The minimum absolute atomic E-state index is 0.149. The molecule has 2 aliphatic rings. The van der Waals surface area contributed by atoms with Crippen LogP contribution in [0.1, 0.15) is 55.4 Å². The van der Waals surface area contributed by atoms with Gasteiger partial charge in [0.15, 0.2) is 0 Å². The van der Waals surface area contributed by atoms with Crippen molar-refractivity contribution in [3.8, 4) is 0 Å². The van der Waals surface area contributed by atoms with Gasteiger partial charge in [0.1, 0.15) is 0 Å². The molecule has 0 amide bonds. The molecule has 2 rings (SSSR count). The molecule has 0 N–H and O–H groups in total. The first-order valence-corrected chi connectivity index (χ1v) is 22.3. The predicted octanol–water partition coefficient (Wildman–Crippen LogP) is 5.21. The Morgan fingerprint density at radius 3 is 1.12 bits per heavy atom. The molecule has 0 spiro atoms. The topological polar surface area (TPSA) is 6.48 Å². The number of rotatable bonds is 4. The first-order valence-electron chi connectivity index (χ1n) is 9.55. The summed E-state index contributed by atoms with van der Waals surface area (Å²) in [5.74, 6) is 0. The third-order valence-corrected chi connectivity index (χ3v) is 38.9. The molecular weight excluding hydrogens is 513 g/mol. The van der Waals surface area contributed by atoms with E-state index in [2.05, 4.69) is 89.3 Å². The van der Waals surface area contributed by atoms with Gasteiger partial charge < -0.3 is 0 Å². The van der Waals surface area contributed by atoms with Crippen LogP contribution in [0.5, 0.6) is 0 Å². The van der Waals surface area contributed by atoms with Crippen molar-refractivity contribution in [2.45, 2.75) is 66.7 Å². The van der Waals surface area contributed by atoms with Gasteiger partial charge in [0, 0.05) is 0 Å². The zero-order valence-corrected chi connectivity index (χ0v) is 26.0. The molecule has 0 aliphatic carbocycles. The molecule has 0 saturated carbocycles. The van der Waals surface area contributed by atoms with Crippen molar-refractivity contribution < 1.29 is 45.9 Å². The first kappa shape index (κ1) is 25.8. The summed E-state index contributed by atoms with van der Waals surface area (Å²) < 4.78 is 4.59. The average molecular weight is 553 g/mol. The molecule has 4 unspecified atom stereocenters. The van der Waals surface area contributed by atoms with Crippen molar-refractivity contribution in [3.05, 3.63) is 22.3 Å². The molecule has 26 heavy (non-hydrogen) atoms. The molecule has 0 aromatic heterocycles. The quantitative estimate of drug-likeness (QED) is 0.442. The maximum absolute atomic E-state index is 2.52. The van der Waals surface area contributed by atoms with Crippen molar-refractivity contribution in [2.75, 3.05) is 28.2 Å². The van der Waals surface area contributed by atoms with Crippen molar-refractivity contribution in [2.24, 2.45) is 0 Å². The Morgan fingerprint density at radius 1 is 0.654 bits per heavy atom. The van der Waals surface area contributed by atoms with E-state index in [1.807, 2.05) is 10.6 Å². The predicted molar refractivity (Wildman–Crippen MR) is 121 cm³/mol. The first-order chi connectivity index (χ1) is 11.9. The molecule has 2 nitrogen and oxygen atoms in total. The molecule has 148 valence electrons. The van der Waals surface area contributed by atoms with Crippen LogP contribution in [0.25, 0.3) is 0 Å². The van der Waals surface area contributed by atoms with Gasteiger partial charge in [-0.3, -0.25) is 0 Å². The molecule has 0 aromatic carbocycles. The molecule has 2 heterocycles. The Kier molecular flexibility index (Phi) is 11.2. The van der Waals surface area contributed by atoms with Crippen LogP contribution in [0, 0.1) is 0 Å². The second kappa shape index (κ2) is 11.2. The summed E-state index contributed by atoms with van der Waals surface area (Å²) in [4.78, 5) is -0.298. The fourth-order valence-electron chi connectivity index (χ4n) is 3.68. The van der Waals surface area contributed by atoms with Gasteiger partial charge in [0.2, 0.25) is 0 Å². The third kappa shape index (κ3) is 6.38. The summed E-state index contributed by atoms with van der Waals surface area (Å²) in [6.45, 7) is 19.5. The van der Waals surface area contributed by atoms with E-state index in [1.165, 1.54) is 0 Å². The summed E-state index contributed by atoms with van der Waals surface area (Å²) >= 11 is -0.525. The van der Waals surface area contributed by atoms with E-state index in [9.17, 15) is 0 Å². The Hall–Kier alpha value is 1.77. The summed E-state index contributed by atoms with van der Waals surface area (Å²) in [6, 6.07) is 0. The third-order valence-electron chi connectivity index (χ3n) is 5.95. The van der Waals surface area contributed by atoms with Crippen molar-refractivity contribution in [3.63, 3.8) is 0 Å². The molecule has 0 aromatic rings. The zero-order valence-electron chi connectivity index (χ0n) is 19.0. The minimum atomic E-state index is -0.294. The van der Waals surface area contributed by atoms with Crippen LogP contribution in [-0.4, -0.2) is 55.8 Å². The standard InChI is InChI=1S/2C8H13P.2C2H6N.2Zr/c2*1-5-6(2)8(4)9-7(5)3;2*1-3-2;;/h2*7H,1-4H3;2*1-2H3;;/q;;2*-1;-2;+2/p+2. The average Bonchev–Trinajstić information content (AvgIpc) is 2.83. The van der Waals surface area contributed by atoms with E-state index < -0.39 is 0 Å². The molecule has 0 bridgehead atoms. The Morgan fingerprint density at radius 2 is 0.962 bits per heavy atom. The Labute approximate surface area is 187 Å².